The Morgan fingerprint density at radius 2 is 1.39 bits per heavy atom. The van der Waals surface area contributed by atoms with Crippen molar-refractivity contribution >= 4 is 8.80 Å². The molecule has 0 aliphatic rings. The van der Waals surface area contributed by atoms with Crippen molar-refractivity contribution in [3.63, 3.8) is 0 Å². The van der Waals surface area contributed by atoms with Gasteiger partial charge in [-0.15, -0.1) is 0 Å². The van der Waals surface area contributed by atoms with Gasteiger partial charge in [0.25, 0.3) is 0 Å². The van der Waals surface area contributed by atoms with Gasteiger partial charge < -0.3 is 30.5 Å². The van der Waals surface area contributed by atoms with Crippen LogP contribution < -0.4 is 17.2 Å². The standard InChI is InChI=1S/C10H28N4O3Si/c1-7-10(13,14(8(2)11)9(3)12)18(15-4,16-5)17-6/h8-9H,7,11-13H2,1-6H3. The molecule has 0 fully saturated rings. The predicted molar refractivity (Wildman–Crippen MR) is 73.1 cm³/mol. The Bertz CT molecular complexity index is 235. The van der Waals surface area contributed by atoms with Crippen molar-refractivity contribution in [1.82, 2.24) is 4.90 Å². The third kappa shape index (κ3) is 2.91. The Kier molecular flexibility index (Phi) is 6.89. The van der Waals surface area contributed by atoms with E-state index in [2.05, 4.69) is 0 Å². The van der Waals surface area contributed by atoms with Crippen LogP contribution in [-0.2, 0) is 13.3 Å². The minimum atomic E-state index is -3.12. The summed E-state index contributed by atoms with van der Waals surface area (Å²) in [7, 11) is 1.46. The Hall–Kier alpha value is -0.0631. The minimum absolute atomic E-state index is 0.345. The fourth-order valence-corrected chi connectivity index (χ4v) is 5.15. The van der Waals surface area contributed by atoms with Crippen LogP contribution in [0, 0.1) is 0 Å². The number of nitrogens with two attached hydrogens (primary N) is 3. The van der Waals surface area contributed by atoms with Crippen molar-refractivity contribution in [3.05, 3.63) is 0 Å². The molecule has 0 amide bonds. The number of hydrogen-bond donors (Lipinski definition) is 3. The molecule has 7 nitrogen and oxygen atoms in total. The van der Waals surface area contributed by atoms with E-state index in [1.165, 1.54) is 21.3 Å². The van der Waals surface area contributed by atoms with Crippen LogP contribution in [0.15, 0.2) is 0 Å². The van der Waals surface area contributed by atoms with Crippen LogP contribution in [0.2, 0.25) is 0 Å². The topological polar surface area (TPSA) is 109 Å². The van der Waals surface area contributed by atoms with Crippen LogP contribution in [-0.4, -0.2) is 52.7 Å². The lowest BCUT2D eigenvalue weighted by molar-refractivity contribution is -0.0123. The van der Waals surface area contributed by atoms with Crippen molar-refractivity contribution in [1.29, 1.82) is 0 Å². The van der Waals surface area contributed by atoms with Gasteiger partial charge in [-0.1, -0.05) is 6.92 Å². The van der Waals surface area contributed by atoms with E-state index in [-0.39, 0.29) is 12.3 Å². The Balaban J connectivity index is 5.68. The summed E-state index contributed by atoms with van der Waals surface area (Å²) in [5.74, 6) is 0. The lowest BCUT2D eigenvalue weighted by Crippen LogP contribution is -2.80. The maximum atomic E-state index is 6.51. The van der Waals surface area contributed by atoms with Crippen LogP contribution >= 0.6 is 0 Å². The van der Waals surface area contributed by atoms with Crippen molar-refractivity contribution < 1.29 is 13.3 Å². The zero-order valence-corrected chi connectivity index (χ0v) is 13.3. The highest BCUT2D eigenvalue weighted by molar-refractivity contribution is 6.64. The maximum Gasteiger partial charge on any atom is 0.536 e. The van der Waals surface area contributed by atoms with E-state index in [0.29, 0.717) is 6.42 Å². The van der Waals surface area contributed by atoms with E-state index in [1.54, 1.807) is 4.90 Å². The molecule has 3 unspecified atom stereocenters. The molecule has 18 heavy (non-hydrogen) atoms. The van der Waals surface area contributed by atoms with Gasteiger partial charge in [0, 0.05) is 21.3 Å². The molecule has 0 spiro atoms. The van der Waals surface area contributed by atoms with E-state index >= 15 is 0 Å². The van der Waals surface area contributed by atoms with Gasteiger partial charge in [-0.25, -0.2) is 0 Å². The quantitative estimate of drug-likeness (QED) is 0.401. The molecule has 0 bridgehead atoms. The smallest absolute Gasteiger partial charge is 0.375 e. The van der Waals surface area contributed by atoms with Crippen molar-refractivity contribution in [2.45, 2.75) is 44.8 Å². The summed E-state index contributed by atoms with van der Waals surface area (Å²) in [6.45, 7) is 5.57. The first-order valence-corrected chi connectivity index (χ1v) is 7.72. The van der Waals surface area contributed by atoms with Crippen LogP contribution in [0.1, 0.15) is 27.2 Å². The van der Waals surface area contributed by atoms with Crippen molar-refractivity contribution in [2.75, 3.05) is 21.3 Å². The maximum absolute atomic E-state index is 6.51. The van der Waals surface area contributed by atoms with Gasteiger partial charge in [0.2, 0.25) is 0 Å². The highest BCUT2D eigenvalue weighted by atomic mass is 28.4. The second-order valence-corrected chi connectivity index (χ2v) is 7.54. The average Bonchev–Trinajstić information content (AvgIpc) is 2.30. The highest BCUT2D eigenvalue weighted by Gasteiger charge is 2.61. The van der Waals surface area contributed by atoms with E-state index in [4.69, 9.17) is 30.5 Å². The summed E-state index contributed by atoms with van der Waals surface area (Å²) in [5.41, 5.74) is 18.5. The molecule has 0 aromatic rings. The second-order valence-electron chi connectivity index (χ2n) is 4.33. The molecule has 0 aromatic heterocycles. The SMILES string of the molecule is CCC(N)(N(C(C)N)C(C)N)[Si](OC)(OC)OC. The molecule has 0 radical (unpaired) electrons. The van der Waals surface area contributed by atoms with E-state index < -0.39 is 14.1 Å². The average molecular weight is 280 g/mol. The van der Waals surface area contributed by atoms with E-state index in [0.717, 1.165) is 0 Å². The fourth-order valence-electron chi connectivity index (χ4n) is 2.44. The first-order chi connectivity index (χ1) is 8.26. The molecule has 0 aliphatic carbocycles. The molecule has 0 saturated heterocycles. The van der Waals surface area contributed by atoms with E-state index in [9.17, 15) is 0 Å². The predicted octanol–water partition coefficient (Wildman–Crippen LogP) is -0.620. The molecule has 6 N–H and O–H groups in total. The molecule has 0 aliphatic heterocycles. The van der Waals surface area contributed by atoms with Gasteiger partial charge in [0.15, 0.2) is 0 Å². The Morgan fingerprint density at radius 1 is 1.06 bits per heavy atom. The van der Waals surface area contributed by atoms with Crippen molar-refractivity contribution in [3.8, 4) is 0 Å². The zero-order valence-electron chi connectivity index (χ0n) is 12.3. The van der Waals surface area contributed by atoms with Crippen molar-refractivity contribution in [2.24, 2.45) is 17.2 Å². The lowest BCUT2D eigenvalue weighted by atomic mass is 10.2. The summed E-state index contributed by atoms with van der Waals surface area (Å²) in [6.07, 6.45) is -0.151. The summed E-state index contributed by atoms with van der Waals surface area (Å²) < 4.78 is 16.5. The molecule has 3 atom stereocenters. The van der Waals surface area contributed by atoms with E-state index in [1.807, 2.05) is 20.8 Å². The summed E-state index contributed by atoms with van der Waals surface area (Å²) >= 11 is 0. The van der Waals surface area contributed by atoms with Gasteiger partial charge in [-0.05, 0) is 20.3 Å². The summed E-state index contributed by atoms with van der Waals surface area (Å²) in [5, 5.41) is -0.979. The first kappa shape index (κ1) is 17.9. The fraction of sp³-hybridized carbons (Fsp3) is 1.00. The molecular weight excluding hydrogens is 252 g/mol. The van der Waals surface area contributed by atoms with Crippen LogP contribution in [0.25, 0.3) is 0 Å². The van der Waals surface area contributed by atoms with Gasteiger partial charge >= 0.3 is 8.80 Å². The molecule has 0 saturated carbocycles. The van der Waals surface area contributed by atoms with Gasteiger partial charge in [0.1, 0.15) is 5.29 Å². The molecule has 110 valence electrons. The largest absolute Gasteiger partial charge is 0.536 e. The second kappa shape index (κ2) is 6.92. The monoisotopic (exact) mass is 280 g/mol. The molecule has 8 heteroatoms. The third-order valence-corrected chi connectivity index (χ3v) is 6.50. The normalized spacial score (nSPS) is 19.7. The molecule has 0 aromatic carbocycles. The molecule has 0 heterocycles. The number of nitrogens with zero attached hydrogens (tertiary/aromatic N) is 1. The summed E-state index contributed by atoms with van der Waals surface area (Å²) in [6, 6.07) is 0. The molecular formula is C10H28N4O3Si. The number of rotatable bonds is 8. The zero-order chi connectivity index (χ0) is 14.6. The van der Waals surface area contributed by atoms with Gasteiger partial charge in [0.05, 0.1) is 12.3 Å². The van der Waals surface area contributed by atoms with Gasteiger partial charge in [-0.3, -0.25) is 4.90 Å². The minimum Gasteiger partial charge on any atom is -0.375 e. The third-order valence-electron chi connectivity index (χ3n) is 3.21. The highest BCUT2D eigenvalue weighted by Crippen LogP contribution is 2.29. The number of hydrogen-bond acceptors (Lipinski definition) is 7. The summed E-state index contributed by atoms with van der Waals surface area (Å²) in [4.78, 5) is 1.77. The molecule has 0 rings (SSSR count). The lowest BCUT2D eigenvalue weighted by Gasteiger charge is -2.50. The Morgan fingerprint density at radius 3 is 1.56 bits per heavy atom. The van der Waals surface area contributed by atoms with Crippen LogP contribution in [0.3, 0.4) is 0 Å². The van der Waals surface area contributed by atoms with Gasteiger partial charge in [-0.2, -0.15) is 0 Å². The first-order valence-electron chi connectivity index (χ1n) is 6.00. The Labute approximate surface area is 111 Å². The van der Waals surface area contributed by atoms with Crippen LogP contribution in [0.4, 0.5) is 0 Å². The van der Waals surface area contributed by atoms with Crippen LogP contribution in [0.5, 0.6) is 0 Å².